The molecule has 0 rings (SSSR count). The molecule has 0 fully saturated rings. The number of rotatable bonds is 3. The predicted octanol–water partition coefficient (Wildman–Crippen LogP) is 0.789. The van der Waals surface area contributed by atoms with Gasteiger partial charge in [0.15, 0.2) is 0 Å². The fraction of sp³-hybridized carbons (Fsp3) is 0.429. The molecule has 0 aromatic rings. The molecule has 0 saturated heterocycles. The van der Waals surface area contributed by atoms with Gasteiger partial charge in [-0.3, -0.25) is 0 Å². The van der Waals surface area contributed by atoms with Crippen LogP contribution in [-0.4, -0.2) is 19.2 Å². The van der Waals surface area contributed by atoms with Gasteiger partial charge >= 0.3 is 5.97 Å². The maximum absolute atomic E-state index is 10.8. The van der Waals surface area contributed by atoms with Crippen molar-refractivity contribution in [3.05, 3.63) is 11.8 Å². The molecule has 60 valence electrons. The van der Waals surface area contributed by atoms with E-state index in [0.29, 0.717) is 12.0 Å². The third kappa shape index (κ3) is 3.33. The molecule has 0 heterocycles. The summed E-state index contributed by atoms with van der Waals surface area (Å²) in [6, 6.07) is 0. The number of methoxy groups -OCH3 is 1. The van der Waals surface area contributed by atoms with Crippen LogP contribution in [0.2, 0.25) is 0 Å². The number of carbonyl (C=O) groups is 1. The van der Waals surface area contributed by atoms with Crippen LogP contribution in [0.3, 0.4) is 0 Å². The van der Waals surface area contributed by atoms with Crippen LogP contribution < -0.4 is 0 Å². The summed E-state index contributed by atoms with van der Waals surface area (Å²) in [4.78, 5) is 23.6. The van der Waals surface area contributed by atoms with Gasteiger partial charge in [-0.15, -0.1) is 0 Å². The Kier molecular flexibility index (Phi) is 4.69. The summed E-state index contributed by atoms with van der Waals surface area (Å²) >= 11 is 0. The van der Waals surface area contributed by atoms with E-state index in [1.165, 1.54) is 13.2 Å². The SMILES string of the molecule is CC/C(=C\N=C=O)C(=O)OC. The Morgan fingerprint density at radius 1 is 1.73 bits per heavy atom. The van der Waals surface area contributed by atoms with Crippen molar-refractivity contribution in [3.63, 3.8) is 0 Å². The van der Waals surface area contributed by atoms with Gasteiger partial charge in [0.1, 0.15) is 0 Å². The van der Waals surface area contributed by atoms with E-state index in [2.05, 4.69) is 9.73 Å². The molecule has 0 aromatic heterocycles. The third-order valence-electron chi connectivity index (χ3n) is 1.10. The van der Waals surface area contributed by atoms with E-state index in [9.17, 15) is 9.59 Å². The smallest absolute Gasteiger partial charge is 0.335 e. The van der Waals surface area contributed by atoms with Crippen molar-refractivity contribution in [1.82, 2.24) is 0 Å². The van der Waals surface area contributed by atoms with Crippen molar-refractivity contribution in [3.8, 4) is 0 Å². The van der Waals surface area contributed by atoms with Crippen LogP contribution in [0.1, 0.15) is 13.3 Å². The highest BCUT2D eigenvalue weighted by Crippen LogP contribution is 2.01. The first-order chi connectivity index (χ1) is 5.26. The number of aliphatic imine (C=N–C) groups is 1. The zero-order valence-electron chi connectivity index (χ0n) is 6.46. The number of hydrogen-bond donors (Lipinski definition) is 0. The molecule has 0 radical (unpaired) electrons. The molecule has 0 N–H and O–H groups in total. The first kappa shape index (κ1) is 9.59. The van der Waals surface area contributed by atoms with Gasteiger partial charge in [0.25, 0.3) is 0 Å². The summed E-state index contributed by atoms with van der Waals surface area (Å²) in [6.07, 6.45) is 2.94. The largest absolute Gasteiger partial charge is 0.466 e. The predicted molar refractivity (Wildman–Crippen MR) is 38.5 cm³/mol. The van der Waals surface area contributed by atoms with Gasteiger partial charge in [-0.25, -0.2) is 9.59 Å². The highest BCUT2D eigenvalue weighted by Gasteiger charge is 2.05. The molecule has 0 atom stereocenters. The number of esters is 1. The Morgan fingerprint density at radius 2 is 2.36 bits per heavy atom. The number of nitrogens with zero attached hydrogens (tertiary/aromatic N) is 1. The molecular weight excluding hydrogens is 146 g/mol. The molecule has 0 saturated carbocycles. The topological polar surface area (TPSA) is 55.7 Å². The zero-order chi connectivity index (χ0) is 8.69. The van der Waals surface area contributed by atoms with Gasteiger partial charge in [-0.1, -0.05) is 6.92 Å². The molecule has 0 aromatic carbocycles. The minimum atomic E-state index is -0.466. The fourth-order valence-electron chi connectivity index (χ4n) is 0.524. The molecule has 0 aliphatic heterocycles. The van der Waals surface area contributed by atoms with E-state index < -0.39 is 5.97 Å². The molecule has 11 heavy (non-hydrogen) atoms. The lowest BCUT2D eigenvalue weighted by Gasteiger charge is -1.97. The number of ether oxygens (including phenoxy) is 1. The van der Waals surface area contributed by atoms with Crippen LogP contribution >= 0.6 is 0 Å². The van der Waals surface area contributed by atoms with Gasteiger partial charge < -0.3 is 4.74 Å². The average molecular weight is 155 g/mol. The van der Waals surface area contributed by atoms with Crippen LogP contribution in [-0.2, 0) is 14.3 Å². The summed E-state index contributed by atoms with van der Waals surface area (Å²) < 4.78 is 4.40. The zero-order valence-corrected chi connectivity index (χ0v) is 6.46. The van der Waals surface area contributed by atoms with Crippen molar-refractivity contribution in [2.24, 2.45) is 4.99 Å². The summed E-state index contributed by atoms with van der Waals surface area (Å²) in [5, 5.41) is 0. The first-order valence-electron chi connectivity index (χ1n) is 3.10. The van der Waals surface area contributed by atoms with Crippen molar-refractivity contribution in [2.75, 3.05) is 7.11 Å². The maximum Gasteiger partial charge on any atom is 0.335 e. The van der Waals surface area contributed by atoms with Crippen molar-refractivity contribution in [2.45, 2.75) is 13.3 Å². The lowest BCUT2D eigenvalue weighted by Crippen LogP contribution is -2.03. The molecular formula is C7H9NO3. The summed E-state index contributed by atoms with van der Waals surface area (Å²) in [5.74, 6) is -0.466. The molecule has 0 unspecified atom stereocenters. The quantitative estimate of drug-likeness (QED) is 0.262. The summed E-state index contributed by atoms with van der Waals surface area (Å²) in [5.41, 5.74) is 0.357. The maximum atomic E-state index is 10.8. The van der Waals surface area contributed by atoms with Gasteiger partial charge in [-0.05, 0) is 6.42 Å². The van der Waals surface area contributed by atoms with Gasteiger partial charge in [-0.2, -0.15) is 4.99 Å². The minimum absolute atomic E-state index is 0.357. The number of hydrogen-bond acceptors (Lipinski definition) is 4. The summed E-state index contributed by atoms with van der Waals surface area (Å²) in [7, 11) is 1.27. The fourth-order valence-corrected chi connectivity index (χ4v) is 0.524. The Balaban J connectivity index is 4.38. The second-order valence-electron chi connectivity index (χ2n) is 1.72. The van der Waals surface area contributed by atoms with Crippen LogP contribution in [0.15, 0.2) is 16.8 Å². The normalized spacial score (nSPS) is 10.2. The van der Waals surface area contributed by atoms with Gasteiger partial charge in [0.05, 0.1) is 18.9 Å². The Labute approximate surface area is 64.6 Å². The number of isocyanates is 1. The third-order valence-corrected chi connectivity index (χ3v) is 1.10. The van der Waals surface area contributed by atoms with Crippen LogP contribution in [0.5, 0.6) is 0 Å². The molecule has 0 aliphatic rings. The minimum Gasteiger partial charge on any atom is -0.466 e. The highest BCUT2D eigenvalue weighted by atomic mass is 16.5. The van der Waals surface area contributed by atoms with Crippen molar-refractivity contribution >= 4 is 12.0 Å². The molecule has 4 nitrogen and oxygen atoms in total. The van der Waals surface area contributed by atoms with Gasteiger partial charge in [0.2, 0.25) is 6.08 Å². The Hall–Kier alpha value is -1.41. The average Bonchev–Trinajstić information content (AvgIpc) is 2.05. The number of carbonyl (C=O) groups excluding carboxylic acids is 2. The molecule has 0 spiro atoms. The lowest BCUT2D eigenvalue weighted by atomic mass is 10.2. The van der Waals surface area contributed by atoms with E-state index in [-0.39, 0.29) is 0 Å². The van der Waals surface area contributed by atoms with Crippen LogP contribution in [0.4, 0.5) is 0 Å². The monoisotopic (exact) mass is 155 g/mol. The Morgan fingerprint density at radius 3 is 2.73 bits per heavy atom. The first-order valence-corrected chi connectivity index (χ1v) is 3.10. The second kappa shape index (κ2) is 5.38. The molecule has 0 bridgehead atoms. The molecule has 4 heteroatoms. The van der Waals surface area contributed by atoms with E-state index in [1.54, 1.807) is 6.92 Å². The lowest BCUT2D eigenvalue weighted by molar-refractivity contribution is -0.136. The van der Waals surface area contributed by atoms with E-state index >= 15 is 0 Å². The molecule has 0 aliphatic carbocycles. The van der Waals surface area contributed by atoms with Crippen LogP contribution in [0, 0.1) is 0 Å². The standard InChI is InChI=1S/C7H9NO3/c1-3-6(4-8-5-9)7(10)11-2/h4H,3H2,1-2H3/b6-4+. The van der Waals surface area contributed by atoms with E-state index in [1.807, 2.05) is 0 Å². The van der Waals surface area contributed by atoms with E-state index in [0.717, 1.165) is 6.20 Å². The Bertz CT molecular complexity index is 214. The molecule has 0 amide bonds. The van der Waals surface area contributed by atoms with E-state index in [4.69, 9.17) is 0 Å². The van der Waals surface area contributed by atoms with Crippen LogP contribution in [0.25, 0.3) is 0 Å². The van der Waals surface area contributed by atoms with Crippen molar-refractivity contribution < 1.29 is 14.3 Å². The van der Waals surface area contributed by atoms with Crippen molar-refractivity contribution in [1.29, 1.82) is 0 Å². The second-order valence-corrected chi connectivity index (χ2v) is 1.72. The van der Waals surface area contributed by atoms with Gasteiger partial charge in [0, 0.05) is 0 Å². The summed E-state index contributed by atoms with van der Waals surface area (Å²) in [6.45, 7) is 1.77. The highest BCUT2D eigenvalue weighted by molar-refractivity contribution is 5.88.